The van der Waals surface area contributed by atoms with Gasteiger partial charge in [0.15, 0.2) is 5.78 Å². The Labute approximate surface area is 141 Å². The molecule has 1 aliphatic carbocycles. The number of Topliss-reactive ketones (excluding diaryl/α,β-unsaturated/α-hetero) is 1. The van der Waals surface area contributed by atoms with Crippen LogP contribution in [0.3, 0.4) is 0 Å². The topological polar surface area (TPSA) is 74.8 Å². The van der Waals surface area contributed by atoms with Crippen LogP contribution < -0.4 is 5.32 Å². The van der Waals surface area contributed by atoms with Crippen LogP contribution in [0.2, 0.25) is 0 Å². The zero-order valence-electron chi connectivity index (χ0n) is 14.3. The summed E-state index contributed by atoms with van der Waals surface area (Å²) in [7, 11) is 0. The number of hydrogen-bond acceptors (Lipinski definition) is 3. The first-order valence-electron chi connectivity index (χ1n) is 8.45. The maximum Gasteiger partial charge on any atom is 0.254 e. The number of fused-ring (bicyclic) bond motifs is 1. The molecule has 2 aromatic rings. The monoisotopic (exact) mass is 325 g/mol. The number of hydrogen-bond donors (Lipinski definition) is 2. The van der Waals surface area contributed by atoms with E-state index >= 15 is 0 Å². The quantitative estimate of drug-likeness (QED) is 0.905. The van der Waals surface area contributed by atoms with E-state index in [4.69, 9.17) is 0 Å². The van der Waals surface area contributed by atoms with Gasteiger partial charge in [0.1, 0.15) is 0 Å². The van der Waals surface area contributed by atoms with Crippen LogP contribution in [0.4, 0.5) is 0 Å². The van der Waals surface area contributed by atoms with Gasteiger partial charge in [-0.15, -0.1) is 0 Å². The third-order valence-electron chi connectivity index (χ3n) is 4.56. The van der Waals surface area contributed by atoms with Crippen molar-refractivity contribution in [2.24, 2.45) is 5.92 Å². The Morgan fingerprint density at radius 3 is 2.75 bits per heavy atom. The minimum Gasteiger partial charge on any atom is -0.361 e. The van der Waals surface area contributed by atoms with Crippen molar-refractivity contribution in [3.63, 3.8) is 0 Å². The molecule has 2 aromatic heterocycles. The SMILES string of the molecule is Cc1[nH]c2c(c1C(=O)N[C@H](c1ccccn1)C(C)C)C(=O)CCC2. The van der Waals surface area contributed by atoms with E-state index in [9.17, 15) is 9.59 Å². The Morgan fingerprint density at radius 2 is 2.08 bits per heavy atom. The highest BCUT2D eigenvalue weighted by Gasteiger charge is 2.30. The second kappa shape index (κ2) is 6.59. The molecule has 3 rings (SSSR count). The molecule has 126 valence electrons. The second-order valence-corrected chi connectivity index (χ2v) is 6.71. The lowest BCUT2D eigenvalue weighted by Crippen LogP contribution is -2.33. The lowest BCUT2D eigenvalue weighted by molar-refractivity contribution is 0.0906. The average Bonchev–Trinajstić information content (AvgIpc) is 2.90. The predicted molar refractivity (Wildman–Crippen MR) is 92.1 cm³/mol. The van der Waals surface area contributed by atoms with Crippen molar-refractivity contribution >= 4 is 11.7 Å². The summed E-state index contributed by atoms with van der Waals surface area (Å²) < 4.78 is 0. The standard InChI is InChI=1S/C19H23N3O2/c1-11(2)18(14-7-4-5-10-20-14)22-19(24)16-12(3)21-13-8-6-9-15(23)17(13)16/h4-5,7,10-11,18,21H,6,8-9H2,1-3H3,(H,22,24)/t18-/m0/s1. The van der Waals surface area contributed by atoms with Gasteiger partial charge in [0, 0.05) is 24.0 Å². The van der Waals surface area contributed by atoms with Crippen molar-refractivity contribution in [1.29, 1.82) is 0 Å². The average molecular weight is 325 g/mol. The van der Waals surface area contributed by atoms with Gasteiger partial charge in [0.25, 0.3) is 5.91 Å². The second-order valence-electron chi connectivity index (χ2n) is 6.71. The number of aromatic amines is 1. The van der Waals surface area contributed by atoms with Crippen molar-refractivity contribution in [1.82, 2.24) is 15.3 Å². The van der Waals surface area contributed by atoms with Gasteiger partial charge >= 0.3 is 0 Å². The molecule has 0 aromatic carbocycles. The van der Waals surface area contributed by atoms with Gasteiger partial charge in [-0.1, -0.05) is 19.9 Å². The summed E-state index contributed by atoms with van der Waals surface area (Å²) >= 11 is 0. The smallest absolute Gasteiger partial charge is 0.254 e. The van der Waals surface area contributed by atoms with Gasteiger partial charge in [-0.05, 0) is 37.8 Å². The number of nitrogens with one attached hydrogen (secondary N) is 2. The molecule has 0 unspecified atom stereocenters. The third-order valence-corrected chi connectivity index (χ3v) is 4.56. The number of rotatable bonds is 4. The van der Waals surface area contributed by atoms with E-state index in [2.05, 4.69) is 15.3 Å². The molecule has 0 spiro atoms. The molecule has 24 heavy (non-hydrogen) atoms. The highest BCUT2D eigenvalue weighted by atomic mass is 16.2. The molecule has 0 radical (unpaired) electrons. The molecule has 0 saturated heterocycles. The number of ketones is 1. The Hall–Kier alpha value is -2.43. The minimum atomic E-state index is -0.204. The lowest BCUT2D eigenvalue weighted by Gasteiger charge is -2.22. The zero-order chi connectivity index (χ0) is 17.3. The van der Waals surface area contributed by atoms with Crippen LogP contribution >= 0.6 is 0 Å². The van der Waals surface area contributed by atoms with E-state index < -0.39 is 0 Å². The molecule has 0 saturated carbocycles. The number of amides is 1. The Bertz CT molecular complexity index is 762. The molecule has 2 heterocycles. The largest absolute Gasteiger partial charge is 0.361 e. The van der Waals surface area contributed by atoms with E-state index in [0.717, 1.165) is 29.9 Å². The van der Waals surface area contributed by atoms with Crippen LogP contribution in [0.1, 0.15) is 70.5 Å². The fourth-order valence-electron chi connectivity index (χ4n) is 3.37. The number of nitrogens with zero attached hydrogens (tertiary/aromatic N) is 1. The zero-order valence-corrected chi connectivity index (χ0v) is 14.3. The van der Waals surface area contributed by atoms with Crippen LogP contribution in [0.25, 0.3) is 0 Å². The molecular weight excluding hydrogens is 302 g/mol. The number of pyridine rings is 1. The van der Waals surface area contributed by atoms with E-state index in [-0.39, 0.29) is 23.7 Å². The molecule has 0 bridgehead atoms. The molecule has 1 amide bonds. The summed E-state index contributed by atoms with van der Waals surface area (Å²) in [6.45, 7) is 5.94. The summed E-state index contributed by atoms with van der Waals surface area (Å²) in [6, 6.07) is 5.49. The highest BCUT2D eigenvalue weighted by Crippen LogP contribution is 2.28. The molecule has 5 nitrogen and oxygen atoms in total. The summed E-state index contributed by atoms with van der Waals surface area (Å²) in [5, 5.41) is 3.07. The number of carbonyl (C=O) groups is 2. The van der Waals surface area contributed by atoms with Gasteiger partial charge in [-0.3, -0.25) is 14.6 Å². The molecule has 0 aliphatic heterocycles. The summed E-state index contributed by atoms with van der Waals surface area (Å²) in [5.74, 6) is 0.0453. The molecule has 2 N–H and O–H groups in total. The van der Waals surface area contributed by atoms with Gasteiger partial charge in [-0.2, -0.15) is 0 Å². The normalized spacial score (nSPS) is 15.2. The number of aromatic nitrogens is 2. The van der Waals surface area contributed by atoms with Crippen LogP contribution in [0, 0.1) is 12.8 Å². The summed E-state index contributed by atoms with van der Waals surface area (Å²) in [5.41, 5.74) is 3.56. The van der Waals surface area contributed by atoms with Crippen LogP contribution in [-0.4, -0.2) is 21.7 Å². The fourth-order valence-corrected chi connectivity index (χ4v) is 3.37. The number of aryl methyl sites for hydroxylation is 2. The van der Waals surface area contributed by atoms with E-state index in [0.29, 0.717) is 17.5 Å². The lowest BCUT2D eigenvalue weighted by atomic mass is 9.92. The van der Waals surface area contributed by atoms with Gasteiger partial charge in [0.2, 0.25) is 0 Å². The van der Waals surface area contributed by atoms with Gasteiger partial charge in [-0.25, -0.2) is 0 Å². The Balaban J connectivity index is 1.92. The minimum absolute atomic E-state index is 0.0599. The molecule has 0 fully saturated rings. The predicted octanol–water partition coefficient (Wildman–Crippen LogP) is 3.36. The number of H-pyrrole nitrogens is 1. The van der Waals surface area contributed by atoms with Crippen LogP contribution in [0.15, 0.2) is 24.4 Å². The molecule has 5 heteroatoms. The third kappa shape index (κ3) is 2.98. The van der Waals surface area contributed by atoms with Crippen molar-refractivity contribution in [2.75, 3.05) is 0 Å². The highest BCUT2D eigenvalue weighted by molar-refractivity contribution is 6.10. The van der Waals surface area contributed by atoms with Crippen molar-refractivity contribution in [2.45, 2.75) is 46.1 Å². The van der Waals surface area contributed by atoms with E-state index in [1.165, 1.54) is 0 Å². The first-order chi connectivity index (χ1) is 11.5. The van der Waals surface area contributed by atoms with Gasteiger partial charge < -0.3 is 10.3 Å². The first-order valence-corrected chi connectivity index (χ1v) is 8.45. The fraction of sp³-hybridized carbons (Fsp3) is 0.421. The maximum absolute atomic E-state index is 12.9. The molecule has 1 atom stereocenters. The van der Waals surface area contributed by atoms with Crippen LogP contribution in [-0.2, 0) is 6.42 Å². The summed E-state index contributed by atoms with van der Waals surface area (Å²) in [6.07, 6.45) is 3.90. The first kappa shape index (κ1) is 16.4. The van der Waals surface area contributed by atoms with E-state index in [1.54, 1.807) is 6.20 Å². The van der Waals surface area contributed by atoms with Crippen molar-refractivity contribution in [3.05, 3.63) is 52.6 Å². The van der Waals surface area contributed by atoms with E-state index in [1.807, 2.05) is 39.0 Å². The summed E-state index contributed by atoms with van der Waals surface area (Å²) in [4.78, 5) is 32.8. The molecule has 1 aliphatic rings. The van der Waals surface area contributed by atoms with Gasteiger partial charge in [0.05, 0.1) is 22.9 Å². The maximum atomic E-state index is 12.9. The number of carbonyl (C=O) groups excluding carboxylic acids is 2. The Morgan fingerprint density at radius 1 is 1.29 bits per heavy atom. The van der Waals surface area contributed by atoms with Crippen molar-refractivity contribution in [3.8, 4) is 0 Å². The van der Waals surface area contributed by atoms with Crippen LogP contribution in [0.5, 0.6) is 0 Å². The van der Waals surface area contributed by atoms with Crippen molar-refractivity contribution < 1.29 is 9.59 Å². The Kier molecular flexibility index (Phi) is 4.51. The molecular formula is C19H23N3O2.